The van der Waals surface area contributed by atoms with Crippen LogP contribution in [0.1, 0.15) is 17.2 Å². The first-order valence-corrected chi connectivity index (χ1v) is 10.3. The van der Waals surface area contributed by atoms with Crippen molar-refractivity contribution in [2.45, 2.75) is 19.1 Å². The van der Waals surface area contributed by atoms with Crippen molar-refractivity contribution < 1.29 is 24.3 Å². The number of carbonyl (C=O) groups is 2. The standard InChI is InChI=1S/C25H22N2O5/c1-15-9-6-7-13-18(15)26-24(29)20-21(17-12-8-14-19(31-2)22(17)28)27(32-23(20)25(26)30)16-10-4-3-5-11-16/h3-14,20-21,23,28H,1-2H3/t20-,21+,23-/m1/s1. The number of aryl methyl sites for hydroxylation is 1. The zero-order valence-corrected chi connectivity index (χ0v) is 17.6. The van der Waals surface area contributed by atoms with Gasteiger partial charge < -0.3 is 9.84 Å². The first-order valence-electron chi connectivity index (χ1n) is 10.3. The van der Waals surface area contributed by atoms with Crippen LogP contribution in [0, 0.1) is 12.8 Å². The number of methoxy groups -OCH3 is 1. The lowest BCUT2D eigenvalue weighted by atomic mass is 9.90. The molecule has 0 aliphatic carbocycles. The summed E-state index contributed by atoms with van der Waals surface area (Å²) in [4.78, 5) is 34.4. The van der Waals surface area contributed by atoms with Gasteiger partial charge in [-0.05, 0) is 36.8 Å². The Balaban J connectivity index is 1.64. The average Bonchev–Trinajstić information content (AvgIpc) is 3.31. The second-order valence-corrected chi connectivity index (χ2v) is 7.85. The molecule has 0 saturated carbocycles. The second-order valence-electron chi connectivity index (χ2n) is 7.85. The average molecular weight is 430 g/mol. The SMILES string of the molecule is COc1cccc([C@H]2[C@H]3C(=O)N(c4ccccc4C)C(=O)[C@@H]3ON2c2ccccc2)c1O. The molecule has 2 aliphatic heterocycles. The number of nitrogens with zero attached hydrogens (tertiary/aromatic N) is 2. The molecule has 32 heavy (non-hydrogen) atoms. The molecule has 7 nitrogen and oxygen atoms in total. The van der Waals surface area contributed by atoms with Crippen LogP contribution in [0.3, 0.4) is 0 Å². The zero-order valence-electron chi connectivity index (χ0n) is 17.6. The Labute approximate surface area is 185 Å². The minimum Gasteiger partial charge on any atom is -0.504 e. The number of rotatable bonds is 4. The Hall–Kier alpha value is -3.84. The predicted molar refractivity (Wildman–Crippen MR) is 118 cm³/mol. The van der Waals surface area contributed by atoms with E-state index in [0.29, 0.717) is 16.9 Å². The van der Waals surface area contributed by atoms with Gasteiger partial charge >= 0.3 is 0 Å². The van der Waals surface area contributed by atoms with Gasteiger partial charge in [-0.3, -0.25) is 14.4 Å². The smallest absolute Gasteiger partial charge is 0.266 e. The largest absolute Gasteiger partial charge is 0.504 e. The number of ether oxygens (including phenoxy) is 1. The summed E-state index contributed by atoms with van der Waals surface area (Å²) in [5.74, 6) is -1.41. The van der Waals surface area contributed by atoms with E-state index in [1.165, 1.54) is 12.0 Å². The number of hydroxylamine groups is 1. The highest BCUT2D eigenvalue weighted by atomic mass is 16.7. The normalized spacial score (nSPS) is 22.4. The maximum Gasteiger partial charge on any atom is 0.266 e. The molecule has 7 heteroatoms. The van der Waals surface area contributed by atoms with Gasteiger partial charge in [0.05, 0.1) is 18.5 Å². The number of phenolic OH excluding ortho intramolecular Hbond substituents is 1. The molecule has 0 spiro atoms. The van der Waals surface area contributed by atoms with Crippen molar-refractivity contribution in [1.82, 2.24) is 0 Å². The molecular weight excluding hydrogens is 408 g/mol. The van der Waals surface area contributed by atoms with Crippen molar-refractivity contribution >= 4 is 23.2 Å². The Kier molecular flexibility index (Phi) is 4.83. The molecule has 5 rings (SSSR count). The summed E-state index contributed by atoms with van der Waals surface area (Å²) in [6.07, 6.45) is -1.00. The van der Waals surface area contributed by atoms with Gasteiger partial charge in [-0.15, -0.1) is 0 Å². The van der Waals surface area contributed by atoms with E-state index in [2.05, 4.69) is 0 Å². The van der Waals surface area contributed by atoms with Gasteiger partial charge in [-0.2, -0.15) is 0 Å². The number of hydrogen-bond donors (Lipinski definition) is 1. The fraction of sp³-hybridized carbons (Fsp3) is 0.200. The molecule has 2 amide bonds. The highest BCUT2D eigenvalue weighted by Crippen LogP contribution is 2.50. The third-order valence-electron chi connectivity index (χ3n) is 6.05. The van der Waals surface area contributed by atoms with Crippen LogP contribution in [0.2, 0.25) is 0 Å². The summed E-state index contributed by atoms with van der Waals surface area (Å²) in [6, 6.07) is 20.9. The molecular formula is C25H22N2O5. The molecule has 162 valence electrons. The summed E-state index contributed by atoms with van der Waals surface area (Å²) in [7, 11) is 1.46. The Bertz CT molecular complexity index is 1200. The summed E-state index contributed by atoms with van der Waals surface area (Å²) in [5.41, 5.74) is 2.49. The molecule has 0 radical (unpaired) electrons. The molecule has 0 aromatic heterocycles. The number of aromatic hydroxyl groups is 1. The van der Waals surface area contributed by atoms with Gasteiger partial charge in [0, 0.05) is 5.56 Å². The van der Waals surface area contributed by atoms with E-state index >= 15 is 0 Å². The molecule has 2 heterocycles. The van der Waals surface area contributed by atoms with E-state index in [-0.39, 0.29) is 17.4 Å². The number of hydrogen-bond acceptors (Lipinski definition) is 6. The van der Waals surface area contributed by atoms with Crippen LogP contribution in [0.4, 0.5) is 11.4 Å². The third-order valence-corrected chi connectivity index (χ3v) is 6.05. The van der Waals surface area contributed by atoms with Gasteiger partial charge in [0.15, 0.2) is 17.6 Å². The van der Waals surface area contributed by atoms with Crippen LogP contribution in [0.5, 0.6) is 11.5 Å². The van der Waals surface area contributed by atoms with Gasteiger partial charge in [-0.25, -0.2) is 9.96 Å². The summed E-state index contributed by atoms with van der Waals surface area (Å²) in [6.45, 7) is 1.85. The number of para-hydroxylation sites is 3. The molecule has 0 bridgehead atoms. The molecule has 2 saturated heterocycles. The van der Waals surface area contributed by atoms with Gasteiger partial charge in [0.2, 0.25) is 5.91 Å². The number of benzene rings is 3. The summed E-state index contributed by atoms with van der Waals surface area (Å²) < 4.78 is 5.28. The zero-order chi connectivity index (χ0) is 22.4. The third kappa shape index (κ3) is 2.93. The molecule has 2 fully saturated rings. The number of anilines is 2. The summed E-state index contributed by atoms with van der Waals surface area (Å²) >= 11 is 0. The molecule has 0 unspecified atom stereocenters. The molecule has 2 aliphatic rings. The topological polar surface area (TPSA) is 79.3 Å². The van der Waals surface area contributed by atoms with E-state index < -0.39 is 24.0 Å². The van der Waals surface area contributed by atoms with Crippen LogP contribution >= 0.6 is 0 Å². The van der Waals surface area contributed by atoms with Crippen LogP contribution in [-0.2, 0) is 14.4 Å². The molecule has 1 N–H and O–H groups in total. The van der Waals surface area contributed by atoms with E-state index in [0.717, 1.165) is 5.56 Å². The Morgan fingerprint density at radius 2 is 1.62 bits per heavy atom. The monoisotopic (exact) mass is 430 g/mol. The maximum absolute atomic E-state index is 13.7. The second kappa shape index (κ2) is 7.69. The molecule has 3 aromatic carbocycles. The van der Waals surface area contributed by atoms with Crippen molar-refractivity contribution in [2.75, 3.05) is 17.1 Å². The van der Waals surface area contributed by atoms with E-state index in [4.69, 9.17) is 9.57 Å². The Morgan fingerprint density at radius 1 is 0.906 bits per heavy atom. The highest BCUT2D eigenvalue weighted by molar-refractivity contribution is 6.24. The van der Waals surface area contributed by atoms with E-state index in [1.54, 1.807) is 35.4 Å². The predicted octanol–water partition coefficient (Wildman–Crippen LogP) is 3.76. The minimum atomic E-state index is -1.00. The van der Waals surface area contributed by atoms with Gasteiger partial charge in [0.25, 0.3) is 5.91 Å². The van der Waals surface area contributed by atoms with Crippen molar-refractivity contribution in [3.05, 3.63) is 83.9 Å². The quantitative estimate of drug-likeness (QED) is 0.635. The van der Waals surface area contributed by atoms with E-state index in [1.807, 2.05) is 49.4 Å². The lowest BCUT2D eigenvalue weighted by Crippen LogP contribution is -2.37. The van der Waals surface area contributed by atoms with Crippen molar-refractivity contribution in [3.8, 4) is 11.5 Å². The number of phenols is 1. The highest BCUT2D eigenvalue weighted by Gasteiger charge is 2.61. The Morgan fingerprint density at radius 3 is 2.34 bits per heavy atom. The molecule has 3 atom stereocenters. The first kappa shape index (κ1) is 20.1. The number of amides is 2. The summed E-state index contributed by atoms with van der Waals surface area (Å²) in [5, 5.41) is 12.4. The van der Waals surface area contributed by atoms with Crippen molar-refractivity contribution in [1.29, 1.82) is 0 Å². The molecule has 3 aromatic rings. The lowest BCUT2D eigenvalue weighted by molar-refractivity contribution is -0.126. The van der Waals surface area contributed by atoms with Crippen LogP contribution in [-0.4, -0.2) is 30.1 Å². The number of fused-ring (bicyclic) bond motifs is 1. The maximum atomic E-state index is 13.7. The van der Waals surface area contributed by atoms with Gasteiger partial charge in [-0.1, -0.05) is 48.5 Å². The van der Waals surface area contributed by atoms with Crippen LogP contribution in [0.15, 0.2) is 72.8 Å². The lowest BCUT2D eigenvalue weighted by Gasteiger charge is -2.29. The van der Waals surface area contributed by atoms with Crippen LogP contribution in [0.25, 0.3) is 0 Å². The van der Waals surface area contributed by atoms with Crippen molar-refractivity contribution in [2.24, 2.45) is 5.92 Å². The first-order chi connectivity index (χ1) is 15.5. The fourth-order valence-electron chi connectivity index (χ4n) is 4.52. The van der Waals surface area contributed by atoms with Crippen LogP contribution < -0.4 is 14.7 Å². The van der Waals surface area contributed by atoms with Crippen molar-refractivity contribution in [3.63, 3.8) is 0 Å². The van der Waals surface area contributed by atoms with E-state index in [9.17, 15) is 14.7 Å². The number of imide groups is 1. The number of carbonyl (C=O) groups excluding carboxylic acids is 2. The van der Waals surface area contributed by atoms with Gasteiger partial charge in [0.1, 0.15) is 12.0 Å². The minimum absolute atomic E-state index is 0.0835. The fourth-order valence-corrected chi connectivity index (χ4v) is 4.52.